The minimum atomic E-state index is -2.16. The number of ketones is 2. The van der Waals surface area contributed by atoms with Crippen molar-refractivity contribution in [2.75, 3.05) is 20.3 Å². The summed E-state index contributed by atoms with van der Waals surface area (Å²) in [6, 6.07) is 3.57. The van der Waals surface area contributed by atoms with Crippen LogP contribution in [0.25, 0.3) is 0 Å². The zero-order chi connectivity index (χ0) is 39.1. The van der Waals surface area contributed by atoms with Crippen LogP contribution in [0.1, 0.15) is 94.5 Å². The first kappa shape index (κ1) is 41.4. The van der Waals surface area contributed by atoms with Gasteiger partial charge in [0.05, 0.1) is 54.4 Å². The van der Waals surface area contributed by atoms with Crippen LogP contribution < -0.4 is 15.9 Å². The molecule has 2 aliphatic carbocycles. The molecule has 6 rings (SSSR count). The largest absolute Gasteiger partial charge is 0.507 e. The average Bonchev–Trinajstić information content (AvgIpc) is 3.46. The number of amides is 3. The zero-order valence-corrected chi connectivity index (χ0v) is 30.8. The van der Waals surface area contributed by atoms with E-state index in [2.05, 4.69) is 10.5 Å². The lowest BCUT2D eigenvalue weighted by molar-refractivity contribution is -0.245. The van der Waals surface area contributed by atoms with E-state index >= 15 is 0 Å². The number of rotatable bonds is 12. The van der Waals surface area contributed by atoms with Crippen molar-refractivity contribution in [3.05, 3.63) is 63.7 Å². The maximum Gasteiger partial charge on any atom is 0.253 e. The lowest BCUT2D eigenvalue weighted by atomic mass is 9.71. The first-order chi connectivity index (χ1) is 25.7. The Balaban J connectivity index is 0.00000580. The van der Waals surface area contributed by atoms with Crippen LogP contribution in [0.4, 0.5) is 0 Å². The molecule has 55 heavy (non-hydrogen) atoms. The van der Waals surface area contributed by atoms with Crippen molar-refractivity contribution in [1.82, 2.24) is 10.3 Å². The number of phenolic OH excluding ortho intramolecular Hbond substituents is 2. The van der Waals surface area contributed by atoms with Gasteiger partial charge < -0.3 is 45.5 Å². The van der Waals surface area contributed by atoms with Crippen LogP contribution in [-0.4, -0.2) is 116 Å². The number of phenols is 2. The highest BCUT2D eigenvalue weighted by Gasteiger charge is 2.49. The number of aliphatic hydroxyl groups is 3. The highest BCUT2D eigenvalue weighted by Crippen LogP contribution is 2.52. The quantitative estimate of drug-likeness (QED) is 0.0441. The van der Waals surface area contributed by atoms with Gasteiger partial charge in [-0.15, -0.1) is 12.4 Å². The van der Waals surface area contributed by atoms with Gasteiger partial charge in [0.15, 0.2) is 12.1 Å². The number of nitrogens with zero attached hydrogens (tertiary/aromatic N) is 2. The number of hydrogen-bond donors (Lipinski definition) is 7. The molecule has 1 saturated heterocycles. The van der Waals surface area contributed by atoms with E-state index in [1.54, 1.807) is 6.92 Å². The Bertz CT molecular complexity index is 1940. The lowest BCUT2D eigenvalue weighted by Crippen LogP contribution is -2.53. The summed E-state index contributed by atoms with van der Waals surface area (Å²) in [6.45, 7) is 0.910. The molecular weight excluding hydrogens is 744 g/mol. The molecule has 0 unspecified atom stereocenters. The van der Waals surface area contributed by atoms with Crippen molar-refractivity contribution in [2.45, 2.75) is 88.1 Å². The first-order valence-electron chi connectivity index (χ1n) is 17.5. The second kappa shape index (κ2) is 16.5. The number of nitrogens with two attached hydrogens (primary N) is 1. The number of halogens is 1. The van der Waals surface area contributed by atoms with Crippen molar-refractivity contribution in [1.29, 1.82) is 0 Å². The molecule has 6 atom stereocenters. The molecule has 0 radical (unpaired) electrons. The number of hydrazone groups is 1. The van der Waals surface area contributed by atoms with E-state index < -0.39 is 108 Å². The monoisotopic (exact) mass is 786 g/mol. The second-order valence-corrected chi connectivity index (χ2v) is 13.8. The first-order valence-corrected chi connectivity index (χ1v) is 17.5. The third kappa shape index (κ3) is 7.73. The van der Waals surface area contributed by atoms with E-state index in [1.165, 1.54) is 37.5 Å². The molecule has 2 aliphatic heterocycles. The van der Waals surface area contributed by atoms with Crippen LogP contribution in [0.15, 0.2) is 35.5 Å². The standard InChI is InChI=1S/C37H42N4O13.ClH/c1-17-32(46)20(38)13-27(53-17)54-22-15-37(51,23(16-42)39-40-24(43)9-4-3-5-12-41-25(44)10-11-26(41)45)14-19-29(22)36(50)31-30(34(19)48)33(47)18-7-6-8-21(52-2)28(18)35(31)49;/h6-8,10-11,17,20,22,27,32,42,46,48,50-51H,3-5,9,12-16,38H2,1-2H3,(H,40,43);1H/t17-,20-,22-,27-,32+,37-;/m0./s1. The predicted molar refractivity (Wildman–Crippen MR) is 194 cm³/mol. The number of nitrogens with one attached hydrogen (secondary N) is 1. The van der Waals surface area contributed by atoms with Crippen LogP contribution >= 0.6 is 12.4 Å². The van der Waals surface area contributed by atoms with Gasteiger partial charge in [0.25, 0.3) is 11.8 Å². The summed E-state index contributed by atoms with van der Waals surface area (Å²) in [7, 11) is 1.32. The smallest absolute Gasteiger partial charge is 0.253 e. The number of methoxy groups -OCH3 is 1. The van der Waals surface area contributed by atoms with Gasteiger partial charge in [0, 0.05) is 67.1 Å². The van der Waals surface area contributed by atoms with Gasteiger partial charge in [-0.05, 0) is 25.8 Å². The molecule has 296 valence electrons. The third-order valence-electron chi connectivity index (χ3n) is 10.3. The van der Waals surface area contributed by atoms with Crippen LogP contribution in [-0.2, 0) is 30.3 Å². The SMILES string of the molecule is COc1cccc2c1C(=O)c1c(O)c3c(c(O)c1C2=O)C[C@@](O)(C(CO)=NNC(=O)CCCCCN1C(=O)C=CC1=O)C[C@@H]3O[C@H]1C[C@H](N)[C@H](O)[C@H](C)O1.Cl. The Morgan fingerprint density at radius 1 is 1.05 bits per heavy atom. The van der Waals surface area contributed by atoms with Gasteiger partial charge in [-0.2, -0.15) is 5.10 Å². The maximum atomic E-state index is 14.0. The molecule has 0 spiro atoms. The van der Waals surface area contributed by atoms with E-state index in [0.29, 0.717) is 19.3 Å². The summed E-state index contributed by atoms with van der Waals surface area (Å²) in [5.74, 6) is -4.25. The van der Waals surface area contributed by atoms with E-state index in [1.807, 2.05) is 0 Å². The second-order valence-electron chi connectivity index (χ2n) is 13.8. The van der Waals surface area contributed by atoms with Gasteiger partial charge in [0.2, 0.25) is 11.7 Å². The van der Waals surface area contributed by atoms with Crippen molar-refractivity contribution < 1.29 is 63.7 Å². The fourth-order valence-corrected chi connectivity index (χ4v) is 7.47. The summed E-state index contributed by atoms with van der Waals surface area (Å²) >= 11 is 0. The predicted octanol–water partition coefficient (Wildman–Crippen LogP) is 0.812. The molecule has 2 aromatic carbocycles. The highest BCUT2D eigenvalue weighted by atomic mass is 35.5. The molecule has 8 N–H and O–H groups in total. The number of ether oxygens (including phenoxy) is 3. The molecular formula is C37H43ClN4O13. The summed E-state index contributed by atoms with van der Waals surface area (Å²) in [5, 5.41) is 60.5. The Labute approximate surface area is 321 Å². The normalized spacial score (nSPS) is 26.0. The maximum absolute atomic E-state index is 14.0. The number of hydrogen-bond acceptors (Lipinski definition) is 15. The van der Waals surface area contributed by atoms with E-state index in [-0.39, 0.29) is 65.5 Å². The topological polar surface area (TPSA) is 268 Å². The van der Waals surface area contributed by atoms with E-state index in [9.17, 15) is 49.5 Å². The number of benzene rings is 2. The van der Waals surface area contributed by atoms with Crippen molar-refractivity contribution in [2.24, 2.45) is 10.8 Å². The van der Waals surface area contributed by atoms with Gasteiger partial charge in [-0.3, -0.25) is 28.9 Å². The fourth-order valence-electron chi connectivity index (χ4n) is 7.47. The fraction of sp³-hybridized carbons (Fsp3) is 0.459. The van der Waals surface area contributed by atoms with E-state index in [4.69, 9.17) is 19.9 Å². The Hall–Kier alpha value is -4.75. The molecule has 18 heteroatoms. The summed E-state index contributed by atoms with van der Waals surface area (Å²) in [4.78, 5) is 65.1. The zero-order valence-electron chi connectivity index (χ0n) is 30.0. The van der Waals surface area contributed by atoms with Crippen molar-refractivity contribution in [3.63, 3.8) is 0 Å². The van der Waals surface area contributed by atoms with Crippen LogP contribution in [0.3, 0.4) is 0 Å². The Morgan fingerprint density at radius 2 is 1.75 bits per heavy atom. The summed E-state index contributed by atoms with van der Waals surface area (Å²) < 4.78 is 17.4. The molecule has 0 saturated carbocycles. The van der Waals surface area contributed by atoms with Gasteiger partial charge in [0.1, 0.15) is 22.8 Å². The average molecular weight is 787 g/mol. The minimum absolute atomic E-state index is 0. The molecule has 0 aromatic heterocycles. The van der Waals surface area contributed by atoms with Gasteiger partial charge >= 0.3 is 0 Å². The van der Waals surface area contributed by atoms with Gasteiger partial charge in [-0.25, -0.2) is 5.43 Å². The number of unbranched alkanes of at least 4 members (excludes halogenated alkanes) is 2. The lowest BCUT2D eigenvalue weighted by Gasteiger charge is -2.43. The van der Waals surface area contributed by atoms with Gasteiger partial charge in [-0.1, -0.05) is 18.6 Å². The molecule has 1 fully saturated rings. The Kier molecular flexibility index (Phi) is 12.5. The number of carbonyl (C=O) groups excluding carboxylic acids is 5. The number of fused-ring (bicyclic) bond motifs is 3. The highest BCUT2D eigenvalue weighted by molar-refractivity contribution is 6.31. The molecule has 2 aromatic rings. The molecule has 0 bridgehead atoms. The molecule has 17 nitrogen and oxygen atoms in total. The summed E-state index contributed by atoms with van der Waals surface area (Å²) in [5.41, 5.74) is 4.46. The van der Waals surface area contributed by atoms with Crippen molar-refractivity contribution in [3.8, 4) is 17.2 Å². The van der Waals surface area contributed by atoms with Crippen LogP contribution in [0.2, 0.25) is 0 Å². The number of aromatic hydroxyl groups is 2. The van der Waals surface area contributed by atoms with Crippen molar-refractivity contribution >= 4 is 47.4 Å². The summed E-state index contributed by atoms with van der Waals surface area (Å²) in [6.07, 6.45) is -1.56. The number of aliphatic hydroxyl groups excluding tert-OH is 2. The Morgan fingerprint density at radius 3 is 2.40 bits per heavy atom. The third-order valence-corrected chi connectivity index (χ3v) is 10.3. The van der Waals surface area contributed by atoms with E-state index in [0.717, 1.165) is 4.90 Å². The van der Waals surface area contributed by atoms with Crippen LogP contribution in [0.5, 0.6) is 17.2 Å². The molecule has 4 aliphatic rings. The minimum Gasteiger partial charge on any atom is -0.507 e. The number of carbonyl (C=O) groups is 5. The molecule has 3 amide bonds. The van der Waals surface area contributed by atoms with Crippen LogP contribution in [0, 0.1) is 0 Å². The molecule has 2 heterocycles. The number of imide groups is 1.